The van der Waals surface area contributed by atoms with Crippen molar-refractivity contribution in [3.8, 4) is 5.75 Å². The van der Waals surface area contributed by atoms with Crippen LogP contribution in [0.2, 0.25) is 5.02 Å². The van der Waals surface area contributed by atoms with Crippen molar-refractivity contribution in [1.29, 1.82) is 0 Å². The third-order valence-electron chi connectivity index (χ3n) is 6.71. The fourth-order valence-corrected chi connectivity index (χ4v) is 5.00. The number of amides is 2. The van der Waals surface area contributed by atoms with Crippen LogP contribution >= 0.6 is 11.6 Å². The number of likely N-dealkylation sites (tertiary alicyclic amines) is 1. The molecule has 2 amide bonds. The minimum absolute atomic E-state index is 0.107. The molecule has 4 rings (SSSR count). The Hall–Kier alpha value is -1.87. The first-order valence-electron chi connectivity index (χ1n) is 11.8. The van der Waals surface area contributed by atoms with Crippen molar-refractivity contribution in [2.75, 3.05) is 78.8 Å². The monoisotopic (exact) mass is 479 g/mol. The molecule has 3 heterocycles. The Kier molecular flexibility index (Phi) is 8.46. The summed E-state index contributed by atoms with van der Waals surface area (Å²) in [5.74, 6) is 0.899. The van der Waals surface area contributed by atoms with E-state index in [0.717, 1.165) is 25.9 Å². The maximum atomic E-state index is 13.2. The third kappa shape index (κ3) is 6.82. The number of ether oxygens (including phenoxy) is 3. The Morgan fingerprint density at radius 1 is 0.970 bits per heavy atom. The fourth-order valence-electron chi connectivity index (χ4n) is 4.82. The molecule has 182 valence electrons. The average molecular weight is 480 g/mol. The number of hydrogen-bond donors (Lipinski definition) is 0. The zero-order valence-electron chi connectivity index (χ0n) is 19.2. The first-order chi connectivity index (χ1) is 16.0. The van der Waals surface area contributed by atoms with Gasteiger partial charge in [0.1, 0.15) is 5.75 Å². The van der Waals surface area contributed by atoms with E-state index >= 15 is 0 Å². The second kappa shape index (κ2) is 11.5. The zero-order chi connectivity index (χ0) is 23.1. The van der Waals surface area contributed by atoms with Crippen molar-refractivity contribution in [2.45, 2.75) is 19.3 Å². The van der Waals surface area contributed by atoms with E-state index in [9.17, 15) is 9.59 Å². The van der Waals surface area contributed by atoms with E-state index in [1.54, 1.807) is 12.1 Å². The van der Waals surface area contributed by atoms with Gasteiger partial charge in [-0.05, 0) is 31.0 Å². The van der Waals surface area contributed by atoms with Gasteiger partial charge in [-0.2, -0.15) is 0 Å². The second-order valence-corrected chi connectivity index (χ2v) is 9.66. The highest BCUT2D eigenvalue weighted by Crippen LogP contribution is 2.36. The van der Waals surface area contributed by atoms with Gasteiger partial charge in [-0.25, -0.2) is 0 Å². The zero-order valence-corrected chi connectivity index (χ0v) is 19.9. The molecule has 3 aliphatic rings. The Morgan fingerprint density at radius 3 is 2.42 bits per heavy atom. The maximum absolute atomic E-state index is 13.2. The molecular formula is C24H34ClN3O5. The van der Waals surface area contributed by atoms with Crippen LogP contribution in [-0.4, -0.2) is 105 Å². The van der Waals surface area contributed by atoms with Crippen LogP contribution in [0.15, 0.2) is 24.3 Å². The lowest BCUT2D eigenvalue weighted by atomic mass is 9.77. The van der Waals surface area contributed by atoms with E-state index in [1.165, 1.54) is 0 Å². The number of morpholine rings is 2. The van der Waals surface area contributed by atoms with Crippen molar-refractivity contribution >= 4 is 23.4 Å². The van der Waals surface area contributed by atoms with E-state index in [-0.39, 0.29) is 11.8 Å². The smallest absolute Gasteiger partial charge is 0.236 e. The van der Waals surface area contributed by atoms with Crippen molar-refractivity contribution in [2.24, 2.45) is 5.41 Å². The van der Waals surface area contributed by atoms with Gasteiger partial charge in [-0.3, -0.25) is 14.5 Å². The number of halogens is 1. The predicted molar refractivity (Wildman–Crippen MR) is 124 cm³/mol. The first kappa shape index (κ1) is 24.3. The van der Waals surface area contributed by atoms with E-state index in [4.69, 9.17) is 25.8 Å². The summed E-state index contributed by atoms with van der Waals surface area (Å²) < 4.78 is 17.0. The molecule has 0 saturated carbocycles. The topological polar surface area (TPSA) is 71.5 Å². The lowest BCUT2D eigenvalue weighted by Gasteiger charge is -2.44. The molecule has 8 nitrogen and oxygen atoms in total. The molecule has 1 atom stereocenters. The summed E-state index contributed by atoms with van der Waals surface area (Å²) in [4.78, 5) is 32.3. The molecule has 0 bridgehead atoms. The summed E-state index contributed by atoms with van der Waals surface area (Å²) >= 11 is 6.13. The number of carbonyl (C=O) groups is 2. The minimum atomic E-state index is -0.434. The van der Waals surface area contributed by atoms with Gasteiger partial charge in [0.15, 0.2) is 0 Å². The van der Waals surface area contributed by atoms with Crippen LogP contribution in [0.3, 0.4) is 0 Å². The average Bonchev–Trinajstić information content (AvgIpc) is 2.84. The largest absolute Gasteiger partial charge is 0.493 e. The molecule has 0 radical (unpaired) electrons. The Labute approximate surface area is 200 Å². The molecule has 0 N–H and O–H groups in total. The normalized spacial score (nSPS) is 24.5. The third-order valence-corrected chi connectivity index (χ3v) is 6.94. The number of carbonyl (C=O) groups excluding carboxylic acids is 2. The molecule has 3 fully saturated rings. The van der Waals surface area contributed by atoms with E-state index in [0.29, 0.717) is 83.0 Å². The van der Waals surface area contributed by atoms with Gasteiger partial charge in [0.25, 0.3) is 0 Å². The molecule has 1 aromatic carbocycles. The highest BCUT2D eigenvalue weighted by Gasteiger charge is 2.41. The summed E-state index contributed by atoms with van der Waals surface area (Å²) in [5.41, 5.74) is -0.434. The molecule has 0 spiro atoms. The molecule has 0 aromatic heterocycles. The predicted octanol–water partition coefficient (Wildman–Crippen LogP) is 1.91. The Morgan fingerprint density at radius 2 is 1.70 bits per heavy atom. The molecule has 9 heteroatoms. The lowest BCUT2D eigenvalue weighted by molar-refractivity contribution is -0.144. The number of piperidine rings is 1. The summed E-state index contributed by atoms with van der Waals surface area (Å²) in [5, 5.41) is 0.608. The van der Waals surface area contributed by atoms with Gasteiger partial charge in [-0.15, -0.1) is 0 Å². The number of rotatable bonds is 7. The number of nitrogens with zero attached hydrogens (tertiary/aromatic N) is 3. The van der Waals surface area contributed by atoms with Crippen LogP contribution in [0.1, 0.15) is 19.3 Å². The van der Waals surface area contributed by atoms with Gasteiger partial charge in [-0.1, -0.05) is 17.7 Å². The molecular weight excluding hydrogens is 446 g/mol. The molecule has 33 heavy (non-hydrogen) atoms. The van der Waals surface area contributed by atoms with Crippen molar-refractivity contribution < 1.29 is 23.8 Å². The van der Waals surface area contributed by atoms with Gasteiger partial charge in [0.05, 0.1) is 39.6 Å². The second-order valence-electron chi connectivity index (χ2n) is 9.22. The van der Waals surface area contributed by atoms with E-state index < -0.39 is 5.41 Å². The SMILES string of the molecule is O=C(C[C@]1(COc2cccc(Cl)c2)CCCN(C(=O)CN2CCOCC2)C1)N1CCOCC1. The van der Waals surface area contributed by atoms with Crippen LogP contribution in [-0.2, 0) is 19.1 Å². The van der Waals surface area contributed by atoms with Crippen LogP contribution in [0.25, 0.3) is 0 Å². The summed E-state index contributed by atoms with van der Waals surface area (Å²) in [6.07, 6.45) is 2.05. The minimum Gasteiger partial charge on any atom is -0.493 e. The lowest BCUT2D eigenvalue weighted by Crippen LogP contribution is -2.54. The van der Waals surface area contributed by atoms with Gasteiger partial charge in [0, 0.05) is 56.1 Å². The van der Waals surface area contributed by atoms with Crippen LogP contribution in [0.5, 0.6) is 5.75 Å². The van der Waals surface area contributed by atoms with Gasteiger partial charge in [0.2, 0.25) is 11.8 Å². The van der Waals surface area contributed by atoms with Crippen molar-refractivity contribution in [3.63, 3.8) is 0 Å². The fraction of sp³-hybridized carbons (Fsp3) is 0.667. The van der Waals surface area contributed by atoms with Crippen molar-refractivity contribution in [3.05, 3.63) is 29.3 Å². The molecule has 0 unspecified atom stereocenters. The summed E-state index contributed by atoms with van der Waals surface area (Å²) in [6, 6.07) is 7.30. The molecule has 1 aromatic rings. The number of hydrogen-bond acceptors (Lipinski definition) is 6. The van der Waals surface area contributed by atoms with Crippen molar-refractivity contribution in [1.82, 2.24) is 14.7 Å². The first-order valence-corrected chi connectivity index (χ1v) is 12.2. The van der Waals surface area contributed by atoms with E-state index in [1.807, 2.05) is 21.9 Å². The highest BCUT2D eigenvalue weighted by molar-refractivity contribution is 6.30. The highest BCUT2D eigenvalue weighted by atomic mass is 35.5. The summed E-state index contributed by atoms with van der Waals surface area (Å²) in [7, 11) is 0. The summed E-state index contributed by atoms with van der Waals surface area (Å²) in [6.45, 7) is 7.25. The van der Waals surface area contributed by atoms with Crippen LogP contribution in [0.4, 0.5) is 0 Å². The Bertz CT molecular complexity index is 813. The number of benzene rings is 1. The molecule has 0 aliphatic carbocycles. The molecule has 3 aliphatic heterocycles. The Balaban J connectivity index is 1.45. The van der Waals surface area contributed by atoms with Crippen LogP contribution < -0.4 is 4.74 Å². The van der Waals surface area contributed by atoms with E-state index in [2.05, 4.69) is 4.90 Å². The van der Waals surface area contributed by atoms with Gasteiger partial charge >= 0.3 is 0 Å². The molecule has 3 saturated heterocycles. The van der Waals surface area contributed by atoms with Crippen LogP contribution in [0, 0.1) is 5.41 Å². The quantitative estimate of drug-likeness (QED) is 0.595. The van der Waals surface area contributed by atoms with Gasteiger partial charge < -0.3 is 24.0 Å². The standard InChI is InChI=1S/C24H34ClN3O5/c25-20-3-1-4-21(15-20)33-19-24(16-22(29)27-9-13-32-14-10-27)5-2-6-28(18-24)23(30)17-26-7-11-31-12-8-26/h1,3-4,15H,2,5-14,16-19H2/t24-/m1/s1. The maximum Gasteiger partial charge on any atom is 0.236 e.